The third kappa shape index (κ3) is 6.44. The summed E-state index contributed by atoms with van der Waals surface area (Å²) in [6.07, 6.45) is 0.915. The maximum atomic E-state index is 13.2. The van der Waals surface area contributed by atoms with Gasteiger partial charge >= 0.3 is 6.18 Å². The van der Waals surface area contributed by atoms with Crippen LogP contribution in [0.4, 0.5) is 13.2 Å². The van der Waals surface area contributed by atoms with E-state index in [1.807, 2.05) is 18.2 Å². The van der Waals surface area contributed by atoms with Gasteiger partial charge in [-0.3, -0.25) is 24.4 Å². The average molecular weight is 534 g/mol. The summed E-state index contributed by atoms with van der Waals surface area (Å²) in [7, 11) is 0. The lowest BCUT2D eigenvalue weighted by molar-refractivity contribution is -0.138. The van der Waals surface area contributed by atoms with Gasteiger partial charge in [0.2, 0.25) is 5.91 Å². The molecule has 38 heavy (non-hydrogen) atoms. The van der Waals surface area contributed by atoms with Gasteiger partial charge in [-0.1, -0.05) is 6.07 Å². The molecule has 0 spiro atoms. The summed E-state index contributed by atoms with van der Waals surface area (Å²) in [6, 6.07) is 7.99. The van der Waals surface area contributed by atoms with Crippen LogP contribution in [-0.4, -0.2) is 76.7 Å². The van der Waals surface area contributed by atoms with E-state index in [2.05, 4.69) is 15.2 Å². The van der Waals surface area contributed by atoms with Crippen LogP contribution in [0.5, 0.6) is 0 Å². The molecule has 2 atom stereocenters. The summed E-state index contributed by atoms with van der Waals surface area (Å²) >= 11 is 0. The fourth-order valence-electron chi connectivity index (χ4n) is 5.93. The third-order valence-corrected chi connectivity index (χ3v) is 7.95. The number of nitrogens with one attached hydrogen (secondary N) is 1. The minimum Gasteiger partial charge on any atom is -0.381 e. The van der Waals surface area contributed by atoms with Gasteiger partial charge in [0.25, 0.3) is 5.56 Å². The van der Waals surface area contributed by atoms with E-state index in [4.69, 9.17) is 4.74 Å². The maximum absolute atomic E-state index is 13.2. The second-order valence-corrected chi connectivity index (χ2v) is 10.5. The highest BCUT2D eigenvalue weighted by Crippen LogP contribution is 2.30. The molecule has 0 aliphatic carbocycles. The van der Waals surface area contributed by atoms with Gasteiger partial charge in [-0.05, 0) is 49.8 Å². The van der Waals surface area contributed by atoms with Gasteiger partial charge in [0.15, 0.2) is 0 Å². The van der Waals surface area contributed by atoms with Crippen molar-refractivity contribution in [3.8, 4) is 0 Å². The van der Waals surface area contributed by atoms with E-state index in [-0.39, 0.29) is 43.2 Å². The number of carbonyl (C=O) groups is 1. The van der Waals surface area contributed by atoms with E-state index < -0.39 is 17.3 Å². The van der Waals surface area contributed by atoms with E-state index in [0.29, 0.717) is 18.7 Å². The van der Waals surface area contributed by atoms with Gasteiger partial charge in [-0.15, -0.1) is 0 Å². The van der Waals surface area contributed by atoms with E-state index in [1.54, 1.807) is 11.1 Å². The molecule has 1 unspecified atom stereocenters. The van der Waals surface area contributed by atoms with E-state index >= 15 is 0 Å². The van der Waals surface area contributed by atoms with Crippen molar-refractivity contribution in [1.82, 2.24) is 24.7 Å². The number of hydrogen-bond acceptors (Lipinski definition) is 6. The lowest BCUT2D eigenvalue weighted by atomic mass is 9.96. The summed E-state index contributed by atoms with van der Waals surface area (Å²) in [5, 5.41) is 3.23. The van der Waals surface area contributed by atoms with Crippen LogP contribution in [0.25, 0.3) is 0 Å². The standard InChI is InChI=1S/C27H34F3N5O3/c28-27(29,30)20-13-23-16-33(9-10-35(23)26(37)14-20)18-25(36)32-24-17-34(22-6-11-38-12-7-22)15-19(24)4-5-21-3-1-2-8-31-21/h1-3,8,13-14,19,22,24H,4-7,9-12,15-18H2,(H,32,36)/t19-,24?/m0/s1. The molecule has 2 fully saturated rings. The second kappa shape index (κ2) is 11.5. The number of alkyl halides is 3. The number of carbonyl (C=O) groups excluding carboxylic acids is 1. The SMILES string of the molecule is O=C(CN1CCn2c(cc(C(F)(F)F)cc2=O)C1)NC1CN(C2CCOCC2)C[C@@H]1CCc1ccccn1. The van der Waals surface area contributed by atoms with E-state index in [0.717, 1.165) is 63.7 Å². The van der Waals surface area contributed by atoms with Crippen LogP contribution in [-0.2, 0) is 35.2 Å². The van der Waals surface area contributed by atoms with Crippen molar-refractivity contribution in [2.24, 2.45) is 5.92 Å². The van der Waals surface area contributed by atoms with Gasteiger partial charge in [-0.2, -0.15) is 13.2 Å². The summed E-state index contributed by atoms with van der Waals surface area (Å²) < 4.78 is 46.5. The Bertz CT molecular complexity index is 1170. The number of rotatable bonds is 7. The third-order valence-electron chi connectivity index (χ3n) is 7.95. The summed E-state index contributed by atoms with van der Waals surface area (Å²) in [5.74, 6) is 0.133. The molecule has 1 N–H and O–H groups in total. The predicted octanol–water partition coefficient (Wildman–Crippen LogP) is 2.31. The molecule has 2 saturated heterocycles. The predicted molar refractivity (Wildman–Crippen MR) is 134 cm³/mol. The van der Waals surface area contributed by atoms with Crippen molar-refractivity contribution in [2.45, 2.75) is 57.0 Å². The van der Waals surface area contributed by atoms with Crippen molar-refractivity contribution in [3.05, 3.63) is 63.8 Å². The summed E-state index contributed by atoms with van der Waals surface area (Å²) in [6.45, 7) is 4.07. The number of aromatic nitrogens is 2. The number of pyridine rings is 2. The van der Waals surface area contributed by atoms with Crippen molar-refractivity contribution in [1.29, 1.82) is 0 Å². The first-order valence-electron chi connectivity index (χ1n) is 13.3. The molecule has 11 heteroatoms. The number of aryl methyl sites for hydroxylation is 1. The van der Waals surface area contributed by atoms with Crippen LogP contribution in [0.3, 0.4) is 0 Å². The van der Waals surface area contributed by atoms with Crippen molar-refractivity contribution in [3.63, 3.8) is 0 Å². The first-order chi connectivity index (χ1) is 18.3. The fraction of sp³-hybridized carbons (Fsp3) is 0.593. The lowest BCUT2D eigenvalue weighted by Gasteiger charge is -2.31. The fourth-order valence-corrected chi connectivity index (χ4v) is 5.93. The summed E-state index contributed by atoms with van der Waals surface area (Å²) in [5.41, 5.74) is -0.296. The number of halogens is 3. The van der Waals surface area contributed by atoms with Gasteiger partial charge in [0.1, 0.15) is 0 Å². The number of nitrogens with zero attached hydrogens (tertiary/aromatic N) is 4. The Morgan fingerprint density at radius 3 is 2.68 bits per heavy atom. The molecule has 0 aromatic carbocycles. The lowest BCUT2D eigenvalue weighted by Crippen LogP contribution is -2.48. The van der Waals surface area contributed by atoms with Crippen LogP contribution in [0.1, 0.15) is 36.2 Å². The molecule has 0 saturated carbocycles. The minimum absolute atomic E-state index is 0.00872. The number of fused-ring (bicyclic) bond motifs is 1. The number of hydrogen-bond donors (Lipinski definition) is 1. The Labute approximate surface area is 219 Å². The Kier molecular flexibility index (Phi) is 8.15. The highest BCUT2D eigenvalue weighted by atomic mass is 19.4. The Hall–Kier alpha value is -2.76. The van der Waals surface area contributed by atoms with Crippen LogP contribution in [0.2, 0.25) is 0 Å². The highest BCUT2D eigenvalue weighted by Gasteiger charge is 2.38. The summed E-state index contributed by atoms with van der Waals surface area (Å²) in [4.78, 5) is 34.0. The molecule has 2 aromatic rings. The molecular formula is C27H34F3N5O3. The first-order valence-corrected chi connectivity index (χ1v) is 13.3. The van der Waals surface area contributed by atoms with Gasteiger partial charge in [0, 0.05) is 81.7 Å². The van der Waals surface area contributed by atoms with Crippen LogP contribution >= 0.6 is 0 Å². The molecule has 8 nitrogen and oxygen atoms in total. The number of likely N-dealkylation sites (tertiary alicyclic amines) is 1. The molecule has 2 aromatic heterocycles. The monoisotopic (exact) mass is 533 g/mol. The van der Waals surface area contributed by atoms with Gasteiger partial charge < -0.3 is 14.6 Å². The van der Waals surface area contributed by atoms with Gasteiger partial charge in [0.05, 0.1) is 12.1 Å². The zero-order valence-electron chi connectivity index (χ0n) is 21.3. The Balaban J connectivity index is 1.22. The normalized spacial score (nSPS) is 23.3. The quantitative estimate of drug-likeness (QED) is 0.589. The largest absolute Gasteiger partial charge is 0.416 e. The molecular weight excluding hydrogens is 499 g/mol. The van der Waals surface area contributed by atoms with Crippen molar-refractivity contribution in [2.75, 3.05) is 39.4 Å². The molecule has 5 rings (SSSR count). The van der Waals surface area contributed by atoms with Gasteiger partial charge in [-0.25, -0.2) is 0 Å². The Morgan fingerprint density at radius 1 is 1.13 bits per heavy atom. The molecule has 0 bridgehead atoms. The molecule has 5 heterocycles. The zero-order valence-corrected chi connectivity index (χ0v) is 21.3. The van der Waals surface area contributed by atoms with E-state index in [1.165, 1.54) is 4.57 Å². The molecule has 0 radical (unpaired) electrons. The second-order valence-electron chi connectivity index (χ2n) is 10.5. The van der Waals surface area contributed by atoms with Crippen LogP contribution < -0.4 is 10.9 Å². The highest BCUT2D eigenvalue weighted by molar-refractivity contribution is 5.78. The molecule has 3 aliphatic rings. The molecule has 1 amide bonds. The van der Waals surface area contributed by atoms with Crippen molar-refractivity contribution < 1.29 is 22.7 Å². The van der Waals surface area contributed by atoms with Crippen LogP contribution in [0, 0.1) is 5.92 Å². The first kappa shape index (κ1) is 26.8. The van der Waals surface area contributed by atoms with Crippen LogP contribution in [0.15, 0.2) is 41.3 Å². The average Bonchev–Trinajstić information content (AvgIpc) is 3.30. The molecule has 3 aliphatic heterocycles. The zero-order chi connectivity index (χ0) is 26.7. The minimum atomic E-state index is -4.59. The Morgan fingerprint density at radius 2 is 1.95 bits per heavy atom. The number of ether oxygens (including phenoxy) is 1. The smallest absolute Gasteiger partial charge is 0.381 e. The number of amides is 1. The topological polar surface area (TPSA) is 79.7 Å². The van der Waals surface area contributed by atoms with E-state index in [9.17, 15) is 22.8 Å². The van der Waals surface area contributed by atoms with Crippen molar-refractivity contribution >= 4 is 5.91 Å². The maximum Gasteiger partial charge on any atom is 0.416 e. The molecule has 206 valence electrons.